The number of hydrogen-bond donors (Lipinski definition) is 0. The third-order valence-corrected chi connectivity index (χ3v) is 6.01. The summed E-state index contributed by atoms with van der Waals surface area (Å²) in [6.45, 7) is 12.8. The van der Waals surface area contributed by atoms with E-state index in [2.05, 4.69) is 74.7 Å². The lowest BCUT2D eigenvalue weighted by molar-refractivity contribution is 0.0683. The lowest BCUT2D eigenvalue weighted by atomic mass is 9.98. The van der Waals surface area contributed by atoms with Gasteiger partial charge in [-0.25, -0.2) is 4.98 Å². The molecule has 0 radical (unpaired) electrons. The van der Waals surface area contributed by atoms with Gasteiger partial charge in [0.15, 0.2) is 0 Å². The predicted octanol–water partition coefficient (Wildman–Crippen LogP) is 6.31. The maximum absolute atomic E-state index is 13.7. The molecule has 3 aromatic carbocycles. The summed E-state index contributed by atoms with van der Waals surface area (Å²) in [4.78, 5) is 20.6. The third kappa shape index (κ3) is 4.05. The highest BCUT2D eigenvalue weighted by atomic mass is 16.2. The van der Waals surface area contributed by atoms with Crippen LogP contribution in [-0.2, 0) is 6.54 Å². The highest BCUT2D eigenvalue weighted by Crippen LogP contribution is 2.25. The monoisotopic (exact) mass is 425 g/mol. The van der Waals surface area contributed by atoms with E-state index >= 15 is 0 Å². The summed E-state index contributed by atoms with van der Waals surface area (Å²) in [5.41, 5.74) is 8.25. The van der Waals surface area contributed by atoms with Gasteiger partial charge in [0.2, 0.25) is 0 Å². The topological polar surface area (TPSA) is 38.1 Å². The SMILES string of the molecule is Cc1ccc(-n2c(CN(C(=O)c3c(C)cc(C)cc3C)C(C)C)nc3ccccc32)cc1. The lowest BCUT2D eigenvalue weighted by Crippen LogP contribution is -2.38. The minimum absolute atomic E-state index is 0.0360. The number of carbonyl (C=O) groups excluding carboxylic acids is 1. The van der Waals surface area contributed by atoms with E-state index in [0.717, 1.165) is 39.2 Å². The Kier molecular flexibility index (Phi) is 5.88. The molecule has 0 aliphatic rings. The van der Waals surface area contributed by atoms with Crippen LogP contribution in [0.25, 0.3) is 16.7 Å². The average molecular weight is 426 g/mol. The Hall–Kier alpha value is -3.40. The molecular formula is C28H31N3O. The van der Waals surface area contributed by atoms with Crippen molar-refractivity contribution in [1.82, 2.24) is 14.5 Å². The van der Waals surface area contributed by atoms with Crippen LogP contribution in [-0.4, -0.2) is 26.4 Å². The van der Waals surface area contributed by atoms with Crippen LogP contribution in [0.4, 0.5) is 0 Å². The van der Waals surface area contributed by atoms with Gasteiger partial charge in [-0.3, -0.25) is 9.36 Å². The molecule has 0 bridgehead atoms. The minimum Gasteiger partial charge on any atom is -0.329 e. The summed E-state index contributed by atoms with van der Waals surface area (Å²) < 4.78 is 2.17. The maximum Gasteiger partial charge on any atom is 0.255 e. The number of aromatic nitrogens is 2. The first-order chi connectivity index (χ1) is 15.3. The molecule has 0 atom stereocenters. The molecule has 1 heterocycles. The second-order valence-electron chi connectivity index (χ2n) is 8.99. The quantitative estimate of drug-likeness (QED) is 0.376. The molecule has 0 saturated heterocycles. The zero-order chi connectivity index (χ0) is 23.0. The molecule has 1 aromatic heterocycles. The molecule has 4 rings (SSSR count). The molecule has 0 aliphatic heterocycles. The zero-order valence-electron chi connectivity index (χ0n) is 19.8. The molecule has 0 aliphatic carbocycles. The molecule has 32 heavy (non-hydrogen) atoms. The van der Waals surface area contributed by atoms with Crippen LogP contribution < -0.4 is 0 Å². The molecule has 0 saturated carbocycles. The van der Waals surface area contributed by atoms with Crippen molar-refractivity contribution in [2.24, 2.45) is 0 Å². The molecule has 1 amide bonds. The number of imidazole rings is 1. The van der Waals surface area contributed by atoms with Crippen LogP contribution >= 0.6 is 0 Å². The Morgan fingerprint density at radius 1 is 0.906 bits per heavy atom. The zero-order valence-corrected chi connectivity index (χ0v) is 19.8. The molecule has 4 heteroatoms. The third-order valence-electron chi connectivity index (χ3n) is 6.01. The standard InChI is InChI=1S/C28H31N3O/c1-18(2)30(28(32)27-21(5)15-20(4)16-22(27)6)17-26-29-24-9-7-8-10-25(24)31(26)23-13-11-19(3)12-14-23/h7-16,18H,17H2,1-6H3. The van der Waals surface area contributed by atoms with Gasteiger partial charge in [0.25, 0.3) is 5.91 Å². The summed E-state index contributed by atoms with van der Waals surface area (Å²) in [6, 6.07) is 20.8. The summed E-state index contributed by atoms with van der Waals surface area (Å²) in [5, 5.41) is 0. The van der Waals surface area contributed by atoms with Gasteiger partial charge in [0.1, 0.15) is 5.82 Å². The van der Waals surface area contributed by atoms with Crippen LogP contribution in [0, 0.1) is 27.7 Å². The maximum atomic E-state index is 13.7. The average Bonchev–Trinajstić information content (AvgIpc) is 3.09. The van der Waals surface area contributed by atoms with E-state index in [-0.39, 0.29) is 11.9 Å². The number of para-hydroxylation sites is 2. The summed E-state index contributed by atoms with van der Waals surface area (Å²) >= 11 is 0. The molecule has 0 N–H and O–H groups in total. The second-order valence-corrected chi connectivity index (χ2v) is 8.99. The molecular weight excluding hydrogens is 394 g/mol. The van der Waals surface area contributed by atoms with Gasteiger partial charge in [-0.15, -0.1) is 0 Å². The van der Waals surface area contributed by atoms with Gasteiger partial charge in [-0.2, -0.15) is 0 Å². The Balaban J connectivity index is 1.81. The van der Waals surface area contributed by atoms with Crippen molar-refractivity contribution in [2.45, 2.75) is 54.1 Å². The van der Waals surface area contributed by atoms with Gasteiger partial charge in [-0.1, -0.05) is 47.5 Å². The van der Waals surface area contributed by atoms with Gasteiger partial charge in [0, 0.05) is 17.3 Å². The van der Waals surface area contributed by atoms with Crippen molar-refractivity contribution >= 4 is 16.9 Å². The van der Waals surface area contributed by atoms with Crippen molar-refractivity contribution < 1.29 is 4.79 Å². The fourth-order valence-corrected chi connectivity index (χ4v) is 4.47. The van der Waals surface area contributed by atoms with Crippen molar-refractivity contribution in [1.29, 1.82) is 0 Å². The molecule has 164 valence electrons. The molecule has 4 aromatic rings. The molecule has 4 nitrogen and oxygen atoms in total. The van der Waals surface area contributed by atoms with Crippen molar-refractivity contribution in [2.75, 3.05) is 0 Å². The van der Waals surface area contributed by atoms with Crippen LogP contribution in [0.2, 0.25) is 0 Å². The fourth-order valence-electron chi connectivity index (χ4n) is 4.47. The number of aryl methyl sites for hydroxylation is 4. The van der Waals surface area contributed by atoms with Crippen molar-refractivity contribution in [3.8, 4) is 5.69 Å². The van der Waals surface area contributed by atoms with E-state index in [1.807, 2.05) is 36.9 Å². The normalized spacial score (nSPS) is 11.3. The predicted molar refractivity (Wildman–Crippen MR) is 131 cm³/mol. The number of rotatable bonds is 5. The van der Waals surface area contributed by atoms with E-state index in [1.54, 1.807) is 0 Å². The van der Waals surface area contributed by atoms with E-state index < -0.39 is 0 Å². The molecule has 0 fully saturated rings. The van der Waals surface area contributed by atoms with E-state index in [1.165, 1.54) is 11.1 Å². The van der Waals surface area contributed by atoms with Crippen LogP contribution in [0.1, 0.15) is 52.3 Å². The Morgan fingerprint density at radius 3 is 2.16 bits per heavy atom. The van der Waals surface area contributed by atoms with Gasteiger partial charge in [0.05, 0.1) is 17.6 Å². The first-order valence-corrected chi connectivity index (χ1v) is 11.2. The molecule has 0 unspecified atom stereocenters. The number of benzene rings is 3. The number of carbonyl (C=O) groups is 1. The van der Waals surface area contributed by atoms with Gasteiger partial charge < -0.3 is 4.90 Å². The van der Waals surface area contributed by atoms with Crippen LogP contribution in [0.3, 0.4) is 0 Å². The van der Waals surface area contributed by atoms with Crippen LogP contribution in [0.15, 0.2) is 60.7 Å². The summed E-state index contributed by atoms with van der Waals surface area (Å²) in [7, 11) is 0. The Morgan fingerprint density at radius 2 is 1.53 bits per heavy atom. The highest BCUT2D eigenvalue weighted by molar-refractivity contribution is 5.97. The molecule has 0 spiro atoms. The number of amides is 1. The van der Waals surface area contributed by atoms with E-state index in [9.17, 15) is 4.79 Å². The van der Waals surface area contributed by atoms with Crippen LogP contribution in [0.5, 0.6) is 0 Å². The highest BCUT2D eigenvalue weighted by Gasteiger charge is 2.25. The van der Waals surface area contributed by atoms with Crippen molar-refractivity contribution in [3.05, 3.63) is 94.3 Å². The van der Waals surface area contributed by atoms with E-state index in [0.29, 0.717) is 6.54 Å². The smallest absolute Gasteiger partial charge is 0.255 e. The first-order valence-electron chi connectivity index (χ1n) is 11.2. The minimum atomic E-state index is 0.0360. The lowest BCUT2D eigenvalue weighted by Gasteiger charge is -2.28. The fraction of sp³-hybridized carbons (Fsp3) is 0.286. The summed E-state index contributed by atoms with van der Waals surface area (Å²) in [6.07, 6.45) is 0. The Labute approximate surface area is 190 Å². The second kappa shape index (κ2) is 8.62. The Bertz CT molecular complexity index is 1260. The number of fused-ring (bicyclic) bond motifs is 1. The number of hydrogen-bond acceptors (Lipinski definition) is 2. The summed E-state index contributed by atoms with van der Waals surface area (Å²) in [5.74, 6) is 0.914. The number of nitrogens with zero attached hydrogens (tertiary/aromatic N) is 3. The largest absolute Gasteiger partial charge is 0.329 e. The van der Waals surface area contributed by atoms with E-state index in [4.69, 9.17) is 4.98 Å². The van der Waals surface area contributed by atoms with Crippen molar-refractivity contribution in [3.63, 3.8) is 0 Å². The van der Waals surface area contributed by atoms with Gasteiger partial charge in [-0.05, 0) is 76.9 Å². The first kappa shape index (κ1) is 21.8. The van der Waals surface area contributed by atoms with Gasteiger partial charge >= 0.3 is 0 Å².